The van der Waals surface area contributed by atoms with Gasteiger partial charge in [0, 0.05) is 18.5 Å². The Morgan fingerprint density at radius 3 is 2.44 bits per heavy atom. The molecule has 0 aliphatic carbocycles. The van der Waals surface area contributed by atoms with Crippen molar-refractivity contribution in [1.82, 2.24) is 15.0 Å². The molecule has 3 aromatic rings. The van der Waals surface area contributed by atoms with Gasteiger partial charge in [-0.05, 0) is 43.6 Å². The van der Waals surface area contributed by atoms with Crippen LogP contribution in [0.25, 0.3) is 0 Å². The van der Waals surface area contributed by atoms with Gasteiger partial charge in [-0.1, -0.05) is 0 Å². The molecule has 4 rings (SSSR count). The monoisotopic (exact) mass is 472 g/mol. The quantitative estimate of drug-likeness (QED) is 0.516. The first-order valence-corrected chi connectivity index (χ1v) is 10.4. The average Bonchev–Trinajstić information content (AvgIpc) is 2.88. The van der Waals surface area contributed by atoms with E-state index in [1.165, 1.54) is 21.3 Å². The Kier molecular flexibility index (Phi) is 4.81. The number of hydrogen-bond donors (Lipinski definition) is 0. The minimum Gasteiger partial charge on any atom is -0.493 e. The molecule has 0 bridgehead atoms. The van der Waals surface area contributed by atoms with Gasteiger partial charge in [-0.15, -0.1) is 0 Å². The zero-order valence-corrected chi connectivity index (χ0v) is 19.4. The zero-order chi connectivity index (χ0) is 28.8. The van der Waals surface area contributed by atoms with E-state index in [-0.39, 0.29) is 101 Å². The van der Waals surface area contributed by atoms with Crippen molar-refractivity contribution in [2.45, 2.75) is 38.7 Å². The fourth-order valence-corrected chi connectivity index (χ4v) is 3.41. The summed E-state index contributed by atoms with van der Waals surface area (Å²) >= 11 is 0. The summed E-state index contributed by atoms with van der Waals surface area (Å²) in [5, 5.41) is 0. The lowest BCUT2D eigenvalue weighted by Gasteiger charge is -2.30. The van der Waals surface area contributed by atoms with Crippen molar-refractivity contribution in [3.05, 3.63) is 64.6 Å². The van der Waals surface area contributed by atoms with Crippen LogP contribution < -0.4 is 18.9 Å². The van der Waals surface area contributed by atoms with Gasteiger partial charge in [0.2, 0.25) is 5.75 Å². The third-order valence-corrected chi connectivity index (χ3v) is 5.23. The summed E-state index contributed by atoms with van der Waals surface area (Å²) in [4.78, 5) is 24.8. The number of hydrogen-bond acceptors (Lipinski definition) is 8. The Bertz CT molecular complexity index is 1470. The highest BCUT2D eigenvalue weighted by Gasteiger charge is 2.36. The summed E-state index contributed by atoms with van der Waals surface area (Å²) in [6.07, 6.45) is -1.43. The van der Waals surface area contributed by atoms with Crippen LogP contribution in [-0.4, -0.2) is 47.7 Å². The average molecular weight is 473 g/mol. The minimum atomic E-state index is -1.16. The predicted octanol–water partition coefficient (Wildman–Crippen LogP) is 3.50. The van der Waals surface area contributed by atoms with Gasteiger partial charge in [-0.25, -0.2) is 14.4 Å². The van der Waals surface area contributed by atoms with Gasteiger partial charge in [0.15, 0.2) is 28.7 Å². The summed E-state index contributed by atoms with van der Waals surface area (Å²) in [5.74, 6) is -1.21. The fourth-order valence-electron chi connectivity index (χ4n) is 3.41. The largest absolute Gasteiger partial charge is 0.493 e. The Labute approximate surface area is 204 Å². The van der Waals surface area contributed by atoms with Crippen molar-refractivity contribution >= 4 is 5.78 Å². The van der Waals surface area contributed by atoms with Crippen LogP contribution in [0.2, 0.25) is 0 Å². The van der Waals surface area contributed by atoms with Crippen LogP contribution in [0, 0.1) is 5.82 Å². The standard InChI is InChI=1S/C25H26FN3O5/c1-25(2)22(30)12-18-19(34-25)7-6-15(28-18)11-17-16(26)13-27-23(29-17)10-14-8-20(31-3)24(33-5)21(9-14)32-4/h6-9,13H,10-12H2,1-5H3/i6D,7D,8D,9D,13D. The SMILES string of the molecule is [2H]c1nc(Cc2c([2H])c(OC)c(OC)c(OC)c2[2H])nc(Cc2nc3c(c([2H])c2[2H])OC(C)(C)C(=O)C3)c1F. The van der Waals surface area contributed by atoms with Gasteiger partial charge in [-0.3, -0.25) is 9.78 Å². The number of rotatable bonds is 7. The van der Waals surface area contributed by atoms with E-state index >= 15 is 0 Å². The molecule has 3 heterocycles. The molecule has 9 heteroatoms. The topological polar surface area (TPSA) is 92.7 Å². The number of carbonyl (C=O) groups is 1. The summed E-state index contributed by atoms with van der Waals surface area (Å²) in [6, 6.07) is -0.974. The zero-order valence-electron chi connectivity index (χ0n) is 24.4. The van der Waals surface area contributed by atoms with E-state index in [1.807, 2.05) is 0 Å². The van der Waals surface area contributed by atoms with Gasteiger partial charge >= 0.3 is 0 Å². The van der Waals surface area contributed by atoms with Crippen LogP contribution in [0.15, 0.2) is 30.3 Å². The van der Waals surface area contributed by atoms with Gasteiger partial charge in [0.25, 0.3) is 0 Å². The van der Waals surface area contributed by atoms with Gasteiger partial charge in [-0.2, -0.15) is 0 Å². The maximum absolute atomic E-state index is 15.0. The number of pyridine rings is 1. The molecule has 0 amide bonds. The number of nitrogens with zero attached hydrogens (tertiary/aromatic N) is 3. The molecule has 1 aromatic carbocycles. The fraction of sp³-hybridized carbons (Fsp3) is 0.360. The van der Waals surface area contributed by atoms with Crippen LogP contribution >= 0.6 is 0 Å². The highest BCUT2D eigenvalue weighted by Crippen LogP contribution is 2.38. The van der Waals surface area contributed by atoms with Crippen molar-refractivity contribution in [3.63, 3.8) is 0 Å². The van der Waals surface area contributed by atoms with E-state index in [1.54, 1.807) is 13.8 Å². The Hall–Kier alpha value is -3.75. The summed E-state index contributed by atoms with van der Waals surface area (Å²) < 4.78 is 78.2. The van der Waals surface area contributed by atoms with Crippen molar-refractivity contribution in [2.75, 3.05) is 21.3 Å². The molecule has 0 saturated heterocycles. The highest BCUT2D eigenvalue weighted by atomic mass is 19.1. The number of methoxy groups -OCH3 is 3. The van der Waals surface area contributed by atoms with Gasteiger partial charge < -0.3 is 18.9 Å². The van der Waals surface area contributed by atoms with E-state index in [2.05, 4.69) is 15.0 Å². The first-order chi connectivity index (χ1) is 18.3. The molecular formula is C25H26FN3O5. The molecule has 34 heavy (non-hydrogen) atoms. The first kappa shape index (κ1) is 17.7. The van der Waals surface area contributed by atoms with E-state index in [0.29, 0.717) is 0 Å². The predicted molar refractivity (Wildman–Crippen MR) is 121 cm³/mol. The first-order valence-electron chi connectivity index (χ1n) is 12.9. The maximum Gasteiger partial charge on any atom is 0.203 e. The lowest BCUT2D eigenvalue weighted by molar-refractivity contribution is -0.132. The molecule has 8 nitrogen and oxygen atoms in total. The number of Topliss-reactive ketones (excluding diaryl/α,β-unsaturated/α-hetero) is 1. The number of aromatic nitrogens is 3. The third kappa shape index (κ3) is 4.64. The van der Waals surface area contributed by atoms with Crippen LogP contribution in [0.5, 0.6) is 23.0 Å². The van der Waals surface area contributed by atoms with Crippen molar-refractivity contribution in [3.8, 4) is 23.0 Å². The molecular weight excluding hydrogens is 441 g/mol. The van der Waals surface area contributed by atoms with Crippen LogP contribution in [0.3, 0.4) is 0 Å². The molecule has 2 aromatic heterocycles. The number of carbonyl (C=O) groups excluding carboxylic acids is 1. The lowest BCUT2D eigenvalue weighted by atomic mass is 9.95. The second-order valence-corrected chi connectivity index (χ2v) is 7.99. The molecule has 0 fully saturated rings. The molecule has 0 radical (unpaired) electrons. The molecule has 178 valence electrons. The summed E-state index contributed by atoms with van der Waals surface area (Å²) in [7, 11) is 4.02. The van der Waals surface area contributed by atoms with Gasteiger partial charge in [0.05, 0.1) is 52.2 Å². The molecule has 0 atom stereocenters. The molecule has 0 unspecified atom stereocenters. The molecule has 0 saturated carbocycles. The molecule has 1 aliphatic heterocycles. The van der Waals surface area contributed by atoms with Crippen LogP contribution in [0.4, 0.5) is 4.39 Å². The number of benzene rings is 1. The van der Waals surface area contributed by atoms with E-state index in [4.69, 9.17) is 25.8 Å². The van der Waals surface area contributed by atoms with Crippen molar-refractivity contribution in [1.29, 1.82) is 0 Å². The molecule has 0 N–H and O–H groups in total. The second kappa shape index (κ2) is 9.24. The Morgan fingerprint density at radius 2 is 1.79 bits per heavy atom. The van der Waals surface area contributed by atoms with Gasteiger partial charge in [0.1, 0.15) is 11.6 Å². The second-order valence-electron chi connectivity index (χ2n) is 7.99. The smallest absolute Gasteiger partial charge is 0.203 e. The van der Waals surface area contributed by atoms with Crippen molar-refractivity contribution in [2.24, 2.45) is 0 Å². The van der Waals surface area contributed by atoms with Crippen LogP contribution in [-0.2, 0) is 24.1 Å². The maximum atomic E-state index is 15.0. The van der Waals surface area contributed by atoms with Crippen LogP contribution in [0.1, 0.15) is 49.2 Å². The summed E-state index contributed by atoms with van der Waals surface area (Å²) in [5.41, 5.74) is -1.17. The summed E-state index contributed by atoms with van der Waals surface area (Å²) in [6.45, 7) is 3.14. The van der Waals surface area contributed by atoms with E-state index in [9.17, 15) is 9.18 Å². The Balaban J connectivity index is 1.76. The lowest BCUT2D eigenvalue weighted by Crippen LogP contribution is -2.43. The number of ketones is 1. The van der Waals surface area contributed by atoms with Crippen molar-refractivity contribution < 1.29 is 35.0 Å². The van der Waals surface area contributed by atoms with E-state index < -0.39 is 17.6 Å². The minimum absolute atomic E-state index is 0.0204. The number of halogens is 1. The third-order valence-electron chi connectivity index (χ3n) is 5.23. The Morgan fingerprint density at radius 1 is 1.09 bits per heavy atom. The van der Waals surface area contributed by atoms with E-state index in [0.717, 1.165) is 0 Å². The number of ether oxygens (including phenoxy) is 4. The highest BCUT2D eigenvalue weighted by molar-refractivity contribution is 5.90. The molecule has 0 spiro atoms. The normalized spacial score (nSPS) is 16.3. The molecule has 1 aliphatic rings. The number of fused-ring (bicyclic) bond motifs is 1.